The highest BCUT2D eigenvalue weighted by Crippen LogP contribution is 2.11. The average Bonchev–Trinajstić information content (AvgIpc) is 2.14. The Morgan fingerprint density at radius 1 is 1.14 bits per heavy atom. The second kappa shape index (κ2) is 4.30. The maximum Gasteiger partial charge on any atom is 0.0245 e. The summed E-state index contributed by atoms with van der Waals surface area (Å²) < 4.78 is 0. The van der Waals surface area contributed by atoms with Gasteiger partial charge in [0.15, 0.2) is 0 Å². The fourth-order valence-corrected chi connectivity index (χ4v) is 0.984. The van der Waals surface area contributed by atoms with Gasteiger partial charge in [-0.15, -0.1) is 0 Å². The normalized spacial score (nSPS) is 10.6. The summed E-state index contributed by atoms with van der Waals surface area (Å²) in [6, 6.07) is 8.07. The third-order valence-corrected chi connectivity index (χ3v) is 1.77. The molecule has 0 aliphatic rings. The van der Waals surface area contributed by atoms with Gasteiger partial charge < -0.3 is 5.73 Å². The predicted octanol–water partition coefficient (Wildman–Crippen LogP) is 2.54. The van der Waals surface area contributed by atoms with Crippen molar-refractivity contribution in [2.75, 3.05) is 0 Å². The van der Waals surface area contributed by atoms with Crippen LogP contribution < -0.4 is 5.73 Å². The fourth-order valence-electron chi connectivity index (χ4n) is 0.984. The molecule has 74 valence electrons. The molecule has 2 N–H and O–H groups in total. The van der Waals surface area contributed by atoms with Gasteiger partial charge >= 0.3 is 0 Å². The first-order valence-corrected chi connectivity index (χ1v) is 4.83. The lowest BCUT2D eigenvalue weighted by Gasteiger charge is -2.06. The molecule has 0 saturated carbocycles. The lowest BCUT2D eigenvalue weighted by atomic mass is 9.97. The molecule has 0 saturated heterocycles. The van der Waals surface area contributed by atoms with Crippen LogP contribution in [0.2, 0.25) is 0 Å². The van der Waals surface area contributed by atoms with Gasteiger partial charge in [-0.05, 0) is 38.5 Å². The van der Waals surface area contributed by atoms with Crippen molar-refractivity contribution in [3.05, 3.63) is 35.4 Å². The minimum Gasteiger partial charge on any atom is -0.326 e. The summed E-state index contributed by atoms with van der Waals surface area (Å²) in [6.07, 6.45) is 0. The summed E-state index contributed by atoms with van der Waals surface area (Å²) in [5.74, 6) is 6.34. The molecule has 0 aromatic heterocycles. The zero-order valence-corrected chi connectivity index (χ0v) is 9.09. The van der Waals surface area contributed by atoms with Crippen molar-refractivity contribution in [3.8, 4) is 11.8 Å². The molecule has 0 bridgehead atoms. The van der Waals surface area contributed by atoms with E-state index in [9.17, 15) is 0 Å². The summed E-state index contributed by atoms with van der Waals surface area (Å²) in [6.45, 7) is 6.91. The highest BCUT2D eigenvalue weighted by atomic mass is 14.5. The molecule has 1 aromatic rings. The third-order valence-electron chi connectivity index (χ3n) is 1.77. The number of benzene rings is 1. The van der Waals surface area contributed by atoms with Gasteiger partial charge in [-0.2, -0.15) is 0 Å². The molecule has 0 radical (unpaired) electrons. The van der Waals surface area contributed by atoms with E-state index in [0.29, 0.717) is 6.54 Å². The van der Waals surface area contributed by atoms with E-state index in [1.807, 2.05) is 24.3 Å². The first kappa shape index (κ1) is 10.8. The maximum atomic E-state index is 5.51. The molecule has 0 heterocycles. The van der Waals surface area contributed by atoms with Crippen molar-refractivity contribution in [1.29, 1.82) is 0 Å². The molecule has 1 aromatic carbocycles. The topological polar surface area (TPSA) is 26.0 Å². The largest absolute Gasteiger partial charge is 0.326 e. The highest BCUT2D eigenvalue weighted by molar-refractivity contribution is 5.37. The van der Waals surface area contributed by atoms with Crippen LogP contribution in [0.3, 0.4) is 0 Å². The van der Waals surface area contributed by atoms with Gasteiger partial charge in [0, 0.05) is 17.5 Å². The molecule has 0 amide bonds. The van der Waals surface area contributed by atoms with Crippen LogP contribution in [0.1, 0.15) is 31.9 Å². The minimum atomic E-state index is 0.0620. The summed E-state index contributed by atoms with van der Waals surface area (Å²) >= 11 is 0. The Balaban J connectivity index is 2.82. The molecule has 1 rings (SSSR count). The molecule has 1 nitrogen and oxygen atoms in total. The van der Waals surface area contributed by atoms with Crippen molar-refractivity contribution < 1.29 is 0 Å². The zero-order chi connectivity index (χ0) is 10.6. The van der Waals surface area contributed by atoms with Crippen LogP contribution in [-0.4, -0.2) is 0 Å². The molecular weight excluding hydrogens is 170 g/mol. The van der Waals surface area contributed by atoms with E-state index < -0.39 is 0 Å². The summed E-state index contributed by atoms with van der Waals surface area (Å²) in [5, 5.41) is 0. The summed E-state index contributed by atoms with van der Waals surface area (Å²) in [5.41, 5.74) is 7.77. The Kier molecular flexibility index (Phi) is 3.33. The Morgan fingerprint density at radius 3 is 2.14 bits per heavy atom. The van der Waals surface area contributed by atoms with E-state index in [2.05, 4.69) is 32.6 Å². The second-order valence-corrected chi connectivity index (χ2v) is 4.40. The lowest BCUT2D eigenvalue weighted by molar-refractivity contribution is 0.571. The number of nitrogens with two attached hydrogens (primary N) is 1. The van der Waals surface area contributed by atoms with Crippen molar-refractivity contribution in [2.45, 2.75) is 27.3 Å². The minimum absolute atomic E-state index is 0.0620. The van der Waals surface area contributed by atoms with Crippen molar-refractivity contribution in [2.24, 2.45) is 11.1 Å². The fraction of sp³-hybridized carbons (Fsp3) is 0.385. The van der Waals surface area contributed by atoms with E-state index in [-0.39, 0.29) is 5.41 Å². The van der Waals surface area contributed by atoms with Crippen molar-refractivity contribution in [3.63, 3.8) is 0 Å². The molecule has 0 fully saturated rings. The molecule has 14 heavy (non-hydrogen) atoms. The van der Waals surface area contributed by atoms with E-state index in [1.165, 1.54) is 0 Å². The third kappa shape index (κ3) is 3.64. The van der Waals surface area contributed by atoms with E-state index in [0.717, 1.165) is 11.1 Å². The molecule has 0 unspecified atom stereocenters. The van der Waals surface area contributed by atoms with Gasteiger partial charge in [0.05, 0.1) is 0 Å². The molecule has 0 aliphatic carbocycles. The van der Waals surface area contributed by atoms with Crippen LogP contribution in [0.4, 0.5) is 0 Å². The van der Waals surface area contributed by atoms with Gasteiger partial charge in [0.1, 0.15) is 0 Å². The Morgan fingerprint density at radius 2 is 1.71 bits per heavy atom. The van der Waals surface area contributed by atoms with Gasteiger partial charge in [-0.1, -0.05) is 24.0 Å². The SMILES string of the molecule is CC(C)(C)C#Cc1ccc(CN)cc1. The number of hydrogen-bond acceptors (Lipinski definition) is 1. The molecule has 0 aliphatic heterocycles. The summed E-state index contributed by atoms with van der Waals surface area (Å²) in [7, 11) is 0. The zero-order valence-electron chi connectivity index (χ0n) is 9.09. The smallest absolute Gasteiger partial charge is 0.0245 e. The summed E-state index contributed by atoms with van der Waals surface area (Å²) in [4.78, 5) is 0. The van der Waals surface area contributed by atoms with Crippen LogP contribution >= 0.6 is 0 Å². The van der Waals surface area contributed by atoms with E-state index in [1.54, 1.807) is 0 Å². The Labute approximate surface area is 86.3 Å². The number of hydrogen-bond donors (Lipinski definition) is 1. The van der Waals surface area contributed by atoms with Crippen LogP contribution in [-0.2, 0) is 6.54 Å². The molecule has 1 heteroatoms. The Bertz CT molecular complexity index is 344. The van der Waals surface area contributed by atoms with Gasteiger partial charge in [0.25, 0.3) is 0 Å². The molecule has 0 spiro atoms. The van der Waals surface area contributed by atoms with Gasteiger partial charge in [-0.25, -0.2) is 0 Å². The monoisotopic (exact) mass is 187 g/mol. The van der Waals surface area contributed by atoms with Crippen molar-refractivity contribution >= 4 is 0 Å². The Hall–Kier alpha value is -1.26. The predicted molar refractivity (Wildman–Crippen MR) is 60.7 cm³/mol. The first-order chi connectivity index (χ1) is 6.51. The first-order valence-electron chi connectivity index (χ1n) is 4.83. The number of rotatable bonds is 1. The van der Waals surface area contributed by atoms with Crippen LogP contribution in [0.15, 0.2) is 24.3 Å². The quantitative estimate of drug-likeness (QED) is 0.672. The highest BCUT2D eigenvalue weighted by Gasteiger charge is 2.03. The van der Waals surface area contributed by atoms with E-state index in [4.69, 9.17) is 5.73 Å². The average molecular weight is 187 g/mol. The van der Waals surface area contributed by atoms with Crippen molar-refractivity contribution in [1.82, 2.24) is 0 Å². The second-order valence-electron chi connectivity index (χ2n) is 4.40. The molecular formula is C13H17N. The lowest BCUT2D eigenvalue weighted by Crippen LogP contribution is -1.99. The van der Waals surface area contributed by atoms with Crippen LogP contribution in [0, 0.1) is 17.3 Å². The molecule has 0 atom stereocenters. The van der Waals surface area contributed by atoms with Crippen LogP contribution in [0.25, 0.3) is 0 Å². The standard InChI is InChI=1S/C13H17N/c1-13(2,3)9-8-11-4-6-12(10-14)7-5-11/h4-7H,10,14H2,1-3H3. The maximum absolute atomic E-state index is 5.51. The van der Waals surface area contributed by atoms with Gasteiger partial charge in [0.2, 0.25) is 0 Å². The van der Waals surface area contributed by atoms with Gasteiger partial charge in [-0.3, -0.25) is 0 Å². The van der Waals surface area contributed by atoms with Crippen LogP contribution in [0.5, 0.6) is 0 Å². The van der Waals surface area contributed by atoms with E-state index >= 15 is 0 Å².